The fourth-order valence-electron chi connectivity index (χ4n) is 6.35. The predicted molar refractivity (Wildman–Crippen MR) is 157 cm³/mol. The van der Waals surface area contributed by atoms with Gasteiger partial charge >= 0.3 is 0 Å². The molecule has 45 heavy (non-hydrogen) atoms. The number of nitrogens with zero attached hydrogens (tertiary/aromatic N) is 1. The van der Waals surface area contributed by atoms with Crippen molar-refractivity contribution in [2.45, 2.75) is 124 Å². The van der Waals surface area contributed by atoms with Crippen molar-refractivity contribution in [3.63, 3.8) is 0 Å². The molecule has 0 aromatic carbocycles. The van der Waals surface area contributed by atoms with Gasteiger partial charge in [-0.3, -0.25) is 4.79 Å². The van der Waals surface area contributed by atoms with Crippen LogP contribution in [-0.4, -0.2) is 154 Å². The van der Waals surface area contributed by atoms with Crippen molar-refractivity contribution < 1.29 is 54.4 Å². The maximum atomic E-state index is 13.3. The van der Waals surface area contributed by atoms with Crippen LogP contribution in [-0.2, 0) is 23.7 Å². The molecule has 17 N–H and O–H groups in total. The van der Waals surface area contributed by atoms with Crippen molar-refractivity contribution >= 4 is 11.7 Å². The molecule has 2 heterocycles. The molecule has 0 bridgehead atoms. The van der Waals surface area contributed by atoms with E-state index < -0.39 is 97.3 Å². The number of ether oxygens (including phenoxy) is 4. The van der Waals surface area contributed by atoms with Crippen LogP contribution in [0, 0.1) is 5.92 Å². The smallest absolute Gasteiger partial charge is 0.186 e. The Bertz CT molecular complexity index is 1010. The second-order valence-corrected chi connectivity index (χ2v) is 12.6. The van der Waals surface area contributed by atoms with Crippen LogP contribution in [0.15, 0.2) is 4.99 Å². The lowest BCUT2D eigenvalue weighted by molar-refractivity contribution is -0.318. The maximum Gasteiger partial charge on any atom is 0.186 e. The lowest BCUT2D eigenvalue weighted by Gasteiger charge is -2.48. The molecule has 18 nitrogen and oxygen atoms in total. The van der Waals surface area contributed by atoms with Gasteiger partial charge in [-0.1, -0.05) is 0 Å². The third-order valence-corrected chi connectivity index (χ3v) is 9.17. The molecule has 4 fully saturated rings. The highest BCUT2D eigenvalue weighted by Crippen LogP contribution is 2.43. The van der Waals surface area contributed by atoms with Gasteiger partial charge < -0.3 is 83.6 Å². The average Bonchev–Trinajstić information content (AvgIpc) is 3.65. The van der Waals surface area contributed by atoms with Gasteiger partial charge in [0.15, 0.2) is 24.3 Å². The number of nitrogens with one attached hydrogen (secondary N) is 1. The molecule has 2 saturated heterocycles. The molecule has 4 aliphatic rings. The molecule has 15 atom stereocenters. The topological polar surface area (TPSA) is 330 Å². The Morgan fingerprint density at radius 3 is 2.33 bits per heavy atom. The van der Waals surface area contributed by atoms with Crippen molar-refractivity contribution in [1.82, 2.24) is 5.32 Å². The second-order valence-electron chi connectivity index (χ2n) is 12.6. The highest BCUT2D eigenvalue weighted by Gasteiger charge is 2.60. The van der Waals surface area contributed by atoms with Gasteiger partial charge in [-0.15, -0.1) is 0 Å². The van der Waals surface area contributed by atoms with Gasteiger partial charge in [0.25, 0.3) is 0 Å². The molecule has 0 aromatic rings. The van der Waals surface area contributed by atoms with Gasteiger partial charge in [0, 0.05) is 32.0 Å². The first-order valence-corrected chi connectivity index (χ1v) is 15.5. The standard InChI is InChI=1S/C27H51N7O11/c28-13-3-2-12(9-33-4-1-5-35)42-24(13)45-23-14(29)6-11(7-17(37)27(41)8-16(27)34-26(31)32)22(21(23)40)44-25-20(39)18(30)19(38)15(10-36)43-25/h11-16,18-25,33,35-36,38-41H,1-10,28-30H2,(H4,31,32,34)/t11-,12-,13+,14-,15+,16?,18-,19+,20+,21+,22-,23?,24+,25+,27?/m0/s1. The predicted octanol–water partition coefficient (Wildman–Crippen LogP) is -6.23. The van der Waals surface area contributed by atoms with Gasteiger partial charge in [-0.05, 0) is 38.1 Å². The third-order valence-electron chi connectivity index (χ3n) is 9.17. The first-order chi connectivity index (χ1) is 21.3. The van der Waals surface area contributed by atoms with Gasteiger partial charge in [0.05, 0.1) is 36.9 Å². The molecule has 3 unspecified atom stereocenters. The number of rotatable bonds is 14. The summed E-state index contributed by atoms with van der Waals surface area (Å²) in [5.74, 6) is -1.66. The number of guanidine groups is 1. The maximum absolute atomic E-state index is 13.3. The lowest BCUT2D eigenvalue weighted by Crippen LogP contribution is -2.66. The fourth-order valence-corrected chi connectivity index (χ4v) is 6.35. The van der Waals surface area contributed by atoms with Crippen molar-refractivity contribution in [3.8, 4) is 0 Å². The van der Waals surface area contributed by atoms with Crippen LogP contribution in [0.4, 0.5) is 0 Å². The quantitative estimate of drug-likeness (QED) is 0.0473. The fraction of sp³-hybridized carbons (Fsp3) is 0.926. The summed E-state index contributed by atoms with van der Waals surface area (Å²) in [7, 11) is 0. The van der Waals surface area contributed by atoms with Crippen molar-refractivity contribution in [1.29, 1.82) is 0 Å². The summed E-state index contributed by atoms with van der Waals surface area (Å²) >= 11 is 0. The van der Waals surface area contributed by atoms with E-state index in [0.29, 0.717) is 32.4 Å². The summed E-state index contributed by atoms with van der Waals surface area (Å²) in [6.07, 6.45) is -9.02. The van der Waals surface area contributed by atoms with Crippen LogP contribution in [0.3, 0.4) is 0 Å². The van der Waals surface area contributed by atoms with Crippen LogP contribution in [0.2, 0.25) is 0 Å². The number of hydrogen-bond donors (Lipinski definition) is 12. The highest BCUT2D eigenvalue weighted by molar-refractivity contribution is 5.92. The summed E-state index contributed by atoms with van der Waals surface area (Å²) in [6, 6.07) is -3.41. The van der Waals surface area contributed by atoms with Crippen LogP contribution in [0.1, 0.15) is 38.5 Å². The minimum Gasteiger partial charge on any atom is -0.396 e. The van der Waals surface area contributed by atoms with Crippen molar-refractivity contribution in [3.05, 3.63) is 0 Å². The average molecular weight is 650 g/mol. The van der Waals surface area contributed by atoms with Crippen molar-refractivity contribution in [2.24, 2.45) is 39.6 Å². The third kappa shape index (κ3) is 8.46. The number of carbonyl (C=O) groups excluding carboxylic acids is 1. The van der Waals surface area contributed by atoms with E-state index in [1.54, 1.807) is 0 Å². The molecule has 260 valence electrons. The van der Waals surface area contributed by atoms with E-state index in [9.17, 15) is 30.3 Å². The summed E-state index contributed by atoms with van der Waals surface area (Å²) in [5.41, 5.74) is 27.8. The Morgan fingerprint density at radius 1 is 0.956 bits per heavy atom. The molecule has 2 aliphatic carbocycles. The zero-order valence-corrected chi connectivity index (χ0v) is 25.2. The number of Topliss-reactive ketones (excluding diaryl/α,β-unsaturated/α-hetero) is 1. The molecule has 0 spiro atoms. The molecule has 0 amide bonds. The second kappa shape index (κ2) is 15.5. The van der Waals surface area contributed by atoms with Crippen LogP contribution >= 0.6 is 0 Å². The first kappa shape index (κ1) is 36.2. The van der Waals surface area contributed by atoms with Crippen molar-refractivity contribution in [2.75, 3.05) is 26.3 Å². The summed E-state index contributed by atoms with van der Waals surface area (Å²) in [6.45, 7) is 0.544. The van der Waals surface area contributed by atoms with E-state index in [0.717, 1.165) is 0 Å². The molecule has 4 rings (SSSR count). The molecule has 0 radical (unpaired) electrons. The number of aliphatic imine (C=N–C) groups is 1. The monoisotopic (exact) mass is 649 g/mol. The zero-order valence-electron chi connectivity index (χ0n) is 25.2. The normalized spacial score (nSPS) is 45.2. The molecular weight excluding hydrogens is 598 g/mol. The molecule has 2 aliphatic heterocycles. The van der Waals surface area contributed by atoms with Gasteiger partial charge in [0.1, 0.15) is 36.1 Å². The number of hydrogen-bond acceptors (Lipinski definition) is 16. The summed E-state index contributed by atoms with van der Waals surface area (Å²) < 4.78 is 23.9. The Morgan fingerprint density at radius 2 is 1.67 bits per heavy atom. The Balaban J connectivity index is 1.51. The Kier molecular flexibility index (Phi) is 12.5. The van der Waals surface area contributed by atoms with Gasteiger partial charge in [-0.25, -0.2) is 4.99 Å². The SMILES string of the molecule is NC(N)=NC1CC1(O)C(=O)C[C@@H]1C[C@H](N)C(O[C@H]2O[C@H](CNCCCO)CC[C@H]2N)[C@H](O)[C@H]1O[C@H]1O[C@H](CO)[C@@H](O)[C@H](N)[C@H]1O. The zero-order chi connectivity index (χ0) is 33.1. The van der Waals surface area contributed by atoms with E-state index >= 15 is 0 Å². The minimum absolute atomic E-state index is 0.0185. The molecule has 0 aromatic heterocycles. The number of nitrogens with two attached hydrogens (primary N) is 5. The number of aliphatic hydroxyl groups is 6. The molecule has 18 heteroatoms. The Labute approximate surface area is 261 Å². The summed E-state index contributed by atoms with van der Waals surface area (Å²) in [5, 5.41) is 65.4. The van der Waals surface area contributed by atoms with Crippen LogP contribution in [0.25, 0.3) is 0 Å². The number of aliphatic hydroxyl groups excluding tert-OH is 5. The van der Waals surface area contributed by atoms with Crippen LogP contribution < -0.4 is 34.0 Å². The van der Waals surface area contributed by atoms with E-state index in [1.165, 1.54) is 0 Å². The lowest BCUT2D eigenvalue weighted by atomic mass is 9.76. The van der Waals surface area contributed by atoms with E-state index in [4.69, 9.17) is 52.7 Å². The Hall–Kier alpha value is -1.62. The first-order valence-electron chi connectivity index (χ1n) is 15.5. The van der Waals surface area contributed by atoms with Gasteiger partial charge in [-0.2, -0.15) is 0 Å². The molecule has 2 saturated carbocycles. The summed E-state index contributed by atoms with van der Waals surface area (Å²) in [4.78, 5) is 17.1. The number of ketones is 1. The van der Waals surface area contributed by atoms with E-state index in [1.807, 2.05) is 0 Å². The van der Waals surface area contributed by atoms with Gasteiger partial charge in [0.2, 0.25) is 0 Å². The minimum atomic E-state index is -1.80. The largest absolute Gasteiger partial charge is 0.396 e. The van der Waals surface area contributed by atoms with Crippen LogP contribution in [0.5, 0.6) is 0 Å². The van der Waals surface area contributed by atoms with E-state index in [-0.39, 0.29) is 37.9 Å². The highest BCUT2D eigenvalue weighted by atomic mass is 16.7. The molecular formula is C27H51N7O11. The number of carbonyl (C=O) groups is 1. The van der Waals surface area contributed by atoms with E-state index in [2.05, 4.69) is 10.3 Å².